The van der Waals surface area contributed by atoms with Gasteiger partial charge in [0.2, 0.25) is 0 Å². The van der Waals surface area contributed by atoms with Crippen molar-refractivity contribution in [3.05, 3.63) is 22.2 Å². The smallest absolute Gasteiger partial charge is 0.351 e. The van der Waals surface area contributed by atoms with Crippen LogP contribution >= 0.6 is 0 Å². The van der Waals surface area contributed by atoms with Crippen molar-refractivity contribution in [2.24, 2.45) is 0 Å². The normalized spacial score (nSPS) is 34.5. The largest absolute Gasteiger partial charge is 0.383 e. The first-order valence-electron chi connectivity index (χ1n) is 6.69. The molecule has 2 aliphatic rings. The fraction of sp³-hybridized carbons (Fsp3) is 0.692. The summed E-state index contributed by atoms with van der Waals surface area (Å²) in [6, 6.07) is 0. The third kappa shape index (κ3) is 2.06. The topological polar surface area (TPSA) is 97.8 Å². The molecule has 8 heteroatoms. The first kappa shape index (κ1) is 14.5. The number of ether oxygens (including phenoxy) is 4. The van der Waals surface area contributed by atoms with E-state index >= 15 is 0 Å². The molecular weight excluding hydrogens is 278 g/mol. The predicted octanol–water partition coefficient (Wildman–Crippen LogP) is -0.538. The van der Waals surface area contributed by atoms with Crippen LogP contribution in [0.5, 0.6) is 0 Å². The van der Waals surface area contributed by atoms with E-state index in [0.29, 0.717) is 18.8 Å². The highest BCUT2D eigenvalue weighted by molar-refractivity contribution is 5.35. The molecule has 8 nitrogen and oxygen atoms in total. The summed E-state index contributed by atoms with van der Waals surface area (Å²) < 4.78 is 24.0. The number of rotatable bonds is 4. The third-order valence-electron chi connectivity index (χ3n) is 4.06. The number of fused-ring (bicyclic) bond motifs is 2. The number of hydrogen-bond donors (Lipinski definition) is 1. The Kier molecular flexibility index (Phi) is 3.48. The number of nitrogen functional groups attached to an aromatic ring is 1. The lowest BCUT2D eigenvalue weighted by atomic mass is 10.0. The highest BCUT2D eigenvalue weighted by atomic mass is 16.7. The average Bonchev–Trinajstić information content (AvgIpc) is 2.94. The second kappa shape index (κ2) is 5.06. The molecule has 0 radical (unpaired) electrons. The SMILES string of the molecule is COC[C@@]12CO[C@@H]([C@H](n3cc(C)c(N)nc3=O)O1)[C@@H]2OC. The zero-order chi connectivity index (χ0) is 15.2. The van der Waals surface area contributed by atoms with Gasteiger partial charge in [-0.05, 0) is 6.92 Å². The lowest BCUT2D eigenvalue weighted by Gasteiger charge is -2.30. The van der Waals surface area contributed by atoms with E-state index in [1.165, 1.54) is 4.57 Å². The van der Waals surface area contributed by atoms with E-state index in [-0.39, 0.29) is 18.0 Å². The quantitative estimate of drug-likeness (QED) is 0.797. The minimum Gasteiger partial charge on any atom is -0.383 e. The van der Waals surface area contributed by atoms with Crippen LogP contribution in [-0.2, 0) is 18.9 Å². The van der Waals surface area contributed by atoms with Crippen LogP contribution in [0, 0.1) is 6.92 Å². The van der Waals surface area contributed by atoms with Gasteiger partial charge in [-0.3, -0.25) is 4.57 Å². The Bertz CT molecular complexity index is 604. The molecule has 0 saturated carbocycles. The van der Waals surface area contributed by atoms with Gasteiger partial charge in [0.15, 0.2) is 6.23 Å². The number of nitrogens with two attached hydrogens (primary N) is 1. The molecule has 2 aliphatic heterocycles. The molecule has 3 heterocycles. The van der Waals surface area contributed by atoms with E-state index < -0.39 is 17.5 Å². The summed E-state index contributed by atoms with van der Waals surface area (Å²) in [5.41, 5.74) is 5.18. The molecule has 0 amide bonds. The van der Waals surface area contributed by atoms with Gasteiger partial charge in [-0.1, -0.05) is 0 Å². The third-order valence-corrected chi connectivity index (χ3v) is 4.06. The van der Waals surface area contributed by atoms with Gasteiger partial charge in [-0.2, -0.15) is 4.98 Å². The molecule has 0 aliphatic carbocycles. The van der Waals surface area contributed by atoms with Gasteiger partial charge in [-0.25, -0.2) is 4.79 Å². The Labute approximate surface area is 121 Å². The van der Waals surface area contributed by atoms with Crippen molar-refractivity contribution in [3.63, 3.8) is 0 Å². The zero-order valence-electron chi connectivity index (χ0n) is 12.2. The van der Waals surface area contributed by atoms with Gasteiger partial charge < -0.3 is 24.7 Å². The fourth-order valence-electron chi connectivity index (χ4n) is 3.07. The fourth-order valence-corrected chi connectivity index (χ4v) is 3.07. The lowest BCUT2D eigenvalue weighted by molar-refractivity contribution is -0.191. The molecule has 21 heavy (non-hydrogen) atoms. The molecule has 0 aromatic carbocycles. The number of nitrogens with zero attached hydrogens (tertiary/aromatic N) is 2. The van der Waals surface area contributed by atoms with Crippen molar-refractivity contribution in [3.8, 4) is 0 Å². The number of anilines is 1. The van der Waals surface area contributed by atoms with Gasteiger partial charge in [0.25, 0.3) is 0 Å². The van der Waals surface area contributed by atoms with Gasteiger partial charge in [0.1, 0.15) is 23.6 Å². The minimum absolute atomic E-state index is 0.218. The molecule has 0 unspecified atom stereocenters. The highest BCUT2D eigenvalue weighted by Crippen LogP contribution is 2.46. The summed E-state index contributed by atoms with van der Waals surface area (Å²) >= 11 is 0. The van der Waals surface area contributed by atoms with Gasteiger partial charge in [0, 0.05) is 26.0 Å². The van der Waals surface area contributed by atoms with E-state index in [1.54, 1.807) is 27.3 Å². The lowest BCUT2D eigenvalue weighted by Crippen LogP contribution is -2.45. The Morgan fingerprint density at radius 3 is 3.00 bits per heavy atom. The first-order chi connectivity index (χ1) is 10.0. The van der Waals surface area contributed by atoms with E-state index in [1.807, 2.05) is 0 Å². The van der Waals surface area contributed by atoms with Crippen LogP contribution in [0.3, 0.4) is 0 Å². The van der Waals surface area contributed by atoms with Crippen LogP contribution in [0.2, 0.25) is 0 Å². The summed E-state index contributed by atoms with van der Waals surface area (Å²) in [5, 5.41) is 0. The number of aryl methyl sites for hydroxylation is 1. The molecular formula is C13H19N3O5. The Morgan fingerprint density at radius 1 is 1.57 bits per heavy atom. The maximum atomic E-state index is 12.1. The molecule has 1 aromatic rings. The van der Waals surface area contributed by atoms with Crippen molar-refractivity contribution in [1.82, 2.24) is 9.55 Å². The summed E-state index contributed by atoms with van der Waals surface area (Å²) in [6.07, 6.45) is 0.352. The zero-order valence-corrected chi connectivity index (χ0v) is 12.2. The number of hydrogen-bond acceptors (Lipinski definition) is 7. The molecule has 116 valence electrons. The van der Waals surface area contributed by atoms with Crippen LogP contribution < -0.4 is 11.4 Å². The van der Waals surface area contributed by atoms with Crippen molar-refractivity contribution in [2.45, 2.75) is 31.0 Å². The van der Waals surface area contributed by atoms with Gasteiger partial charge in [-0.15, -0.1) is 0 Å². The summed E-state index contributed by atoms with van der Waals surface area (Å²) in [4.78, 5) is 15.9. The van der Waals surface area contributed by atoms with Crippen LogP contribution in [0.1, 0.15) is 11.8 Å². The number of methoxy groups -OCH3 is 2. The molecule has 0 spiro atoms. The van der Waals surface area contributed by atoms with Crippen molar-refractivity contribution >= 4 is 5.82 Å². The standard InChI is InChI=1S/C13H19N3O5/c1-7-4-16(12(17)15-10(7)14)11-8-9(19-3)13(21-11,5-18-2)6-20-8/h4,8-9,11H,5-6H2,1-3H3,(H2,14,15,17)/t8-,9+,11-,13+/m1/s1. The summed E-state index contributed by atoms with van der Waals surface area (Å²) in [7, 11) is 3.18. The van der Waals surface area contributed by atoms with Gasteiger partial charge >= 0.3 is 5.69 Å². The Hall–Kier alpha value is -1.48. The maximum Gasteiger partial charge on any atom is 0.351 e. The highest BCUT2D eigenvalue weighted by Gasteiger charge is 2.63. The second-order valence-electron chi connectivity index (χ2n) is 5.44. The molecule has 1 aromatic heterocycles. The van der Waals surface area contributed by atoms with Crippen molar-refractivity contribution in [2.75, 3.05) is 33.2 Å². The molecule has 4 atom stereocenters. The summed E-state index contributed by atoms with van der Waals surface area (Å²) in [5.74, 6) is 0.218. The van der Waals surface area contributed by atoms with E-state index in [9.17, 15) is 4.79 Å². The summed E-state index contributed by atoms with van der Waals surface area (Å²) in [6.45, 7) is 2.48. The first-order valence-corrected chi connectivity index (χ1v) is 6.69. The Morgan fingerprint density at radius 2 is 2.33 bits per heavy atom. The monoisotopic (exact) mass is 297 g/mol. The molecule has 2 bridgehead atoms. The van der Waals surface area contributed by atoms with Gasteiger partial charge in [0.05, 0.1) is 13.2 Å². The Balaban J connectivity index is 1.99. The molecule has 2 fully saturated rings. The predicted molar refractivity (Wildman–Crippen MR) is 72.9 cm³/mol. The van der Waals surface area contributed by atoms with Crippen LogP contribution in [0.4, 0.5) is 5.82 Å². The van der Waals surface area contributed by atoms with Crippen LogP contribution in [0.25, 0.3) is 0 Å². The number of aromatic nitrogens is 2. The average molecular weight is 297 g/mol. The minimum atomic E-state index is -0.701. The van der Waals surface area contributed by atoms with E-state index in [2.05, 4.69) is 4.98 Å². The second-order valence-corrected chi connectivity index (χ2v) is 5.44. The maximum absolute atomic E-state index is 12.1. The van der Waals surface area contributed by atoms with Crippen molar-refractivity contribution in [1.29, 1.82) is 0 Å². The van der Waals surface area contributed by atoms with Crippen LogP contribution in [0.15, 0.2) is 11.0 Å². The van der Waals surface area contributed by atoms with E-state index in [4.69, 9.17) is 24.7 Å². The molecule has 2 saturated heterocycles. The molecule has 2 N–H and O–H groups in total. The van der Waals surface area contributed by atoms with E-state index in [0.717, 1.165) is 0 Å². The van der Waals surface area contributed by atoms with Crippen molar-refractivity contribution < 1.29 is 18.9 Å². The molecule has 3 rings (SSSR count). The van der Waals surface area contributed by atoms with Crippen LogP contribution in [-0.4, -0.2) is 54.8 Å².